The third-order valence-electron chi connectivity index (χ3n) is 3.91. The second kappa shape index (κ2) is 6.50. The maximum Gasteiger partial charge on any atom is 0.0879 e. The van der Waals surface area contributed by atoms with Crippen LogP contribution < -0.4 is 5.73 Å². The molecule has 5 heteroatoms. The Kier molecular flexibility index (Phi) is 4.96. The van der Waals surface area contributed by atoms with Crippen molar-refractivity contribution in [3.8, 4) is 0 Å². The maximum atomic E-state index is 6.43. The molecule has 0 spiro atoms. The van der Waals surface area contributed by atoms with Gasteiger partial charge in [-0.05, 0) is 25.8 Å². The molecule has 5 nitrogen and oxygen atoms in total. The van der Waals surface area contributed by atoms with E-state index in [4.69, 9.17) is 15.2 Å². The summed E-state index contributed by atoms with van der Waals surface area (Å²) in [6.45, 7) is 7.17. The highest BCUT2D eigenvalue weighted by Crippen LogP contribution is 2.29. The number of hydrogen-bond acceptors (Lipinski definition) is 4. The normalized spacial score (nSPS) is 20.4. The summed E-state index contributed by atoms with van der Waals surface area (Å²) in [6, 6.07) is -0.00847. The van der Waals surface area contributed by atoms with Crippen molar-refractivity contribution in [2.24, 2.45) is 5.73 Å². The van der Waals surface area contributed by atoms with Gasteiger partial charge in [-0.1, -0.05) is 0 Å². The lowest BCUT2D eigenvalue weighted by Crippen LogP contribution is -2.54. The minimum absolute atomic E-state index is 0.00847. The van der Waals surface area contributed by atoms with Crippen LogP contribution >= 0.6 is 0 Å². The second-order valence-electron chi connectivity index (χ2n) is 5.13. The van der Waals surface area contributed by atoms with Crippen molar-refractivity contribution in [2.45, 2.75) is 51.3 Å². The van der Waals surface area contributed by atoms with Crippen LogP contribution in [0.1, 0.15) is 32.3 Å². The van der Waals surface area contributed by atoms with E-state index in [2.05, 4.69) is 18.2 Å². The third-order valence-corrected chi connectivity index (χ3v) is 3.91. The third kappa shape index (κ3) is 3.35. The highest BCUT2D eigenvalue weighted by molar-refractivity contribution is 5.09. The van der Waals surface area contributed by atoms with Crippen LogP contribution in [-0.2, 0) is 22.4 Å². The van der Waals surface area contributed by atoms with Crippen LogP contribution in [0.25, 0.3) is 0 Å². The molecule has 1 aliphatic heterocycles. The summed E-state index contributed by atoms with van der Waals surface area (Å²) >= 11 is 0. The number of nitrogens with two attached hydrogens (primary N) is 1. The lowest BCUT2D eigenvalue weighted by molar-refractivity contribution is -0.120. The molecule has 2 rings (SSSR count). The van der Waals surface area contributed by atoms with Gasteiger partial charge >= 0.3 is 0 Å². The second-order valence-corrected chi connectivity index (χ2v) is 5.13. The first-order valence-electron chi connectivity index (χ1n) is 7.19. The summed E-state index contributed by atoms with van der Waals surface area (Å²) in [6.07, 6.45) is 6.54. The molecular formula is C14H25N3O2. The van der Waals surface area contributed by atoms with Crippen LogP contribution in [0.4, 0.5) is 0 Å². The van der Waals surface area contributed by atoms with E-state index >= 15 is 0 Å². The molecule has 0 saturated carbocycles. The van der Waals surface area contributed by atoms with Gasteiger partial charge in [-0.25, -0.2) is 0 Å². The zero-order valence-corrected chi connectivity index (χ0v) is 12.0. The van der Waals surface area contributed by atoms with E-state index in [9.17, 15) is 0 Å². The molecule has 0 radical (unpaired) electrons. The predicted molar refractivity (Wildman–Crippen MR) is 74.0 cm³/mol. The Balaban J connectivity index is 2.04. The maximum absolute atomic E-state index is 6.43. The SMILES string of the molecule is CCOC1(C(N)Cc2cnn(CC)c2)CCOCC1. The summed E-state index contributed by atoms with van der Waals surface area (Å²) in [4.78, 5) is 0. The smallest absolute Gasteiger partial charge is 0.0879 e. The largest absolute Gasteiger partial charge is 0.381 e. The molecule has 1 fully saturated rings. The minimum atomic E-state index is -0.235. The van der Waals surface area contributed by atoms with Crippen molar-refractivity contribution in [1.29, 1.82) is 0 Å². The average molecular weight is 267 g/mol. The topological polar surface area (TPSA) is 62.3 Å². The first kappa shape index (κ1) is 14.5. The number of hydrogen-bond donors (Lipinski definition) is 1. The zero-order valence-electron chi connectivity index (χ0n) is 12.0. The van der Waals surface area contributed by atoms with Crippen molar-refractivity contribution >= 4 is 0 Å². The van der Waals surface area contributed by atoms with Crippen molar-refractivity contribution in [1.82, 2.24) is 9.78 Å². The van der Waals surface area contributed by atoms with Crippen LogP contribution in [0.3, 0.4) is 0 Å². The summed E-state index contributed by atoms with van der Waals surface area (Å²) in [5.41, 5.74) is 7.38. The summed E-state index contributed by atoms with van der Waals surface area (Å²) < 4.78 is 13.4. The number of nitrogens with zero attached hydrogens (tertiary/aromatic N) is 2. The molecule has 1 aromatic heterocycles. The van der Waals surface area contributed by atoms with Crippen LogP contribution in [0.2, 0.25) is 0 Å². The molecule has 1 atom stereocenters. The van der Waals surface area contributed by atoms with Crippen LogP contribution in [0, 0.1) is 0 Å². The first-order chi connectivity index (χ1) is 9.20. The molecule has 1 saturated heterocycles. The van der Waals surface area contributed by atoms with Crippen LogP contribution in [-0.4, -0.2) is 41.2 Å². The van der Waals surface area contributed by atoms with Gasteiger partial charge in [-0.2, -0.15) is 5.10 Å². The summed E-state index contributed by atoms with van der Waals surface area (Å²) in [7, 11) is 0. The molecule has 0 amide bonds. The number of aryl methyl sites for hydroxylation is 1. The Morgan fingerprint density at radius 2 is 2.21 bits per heavy atom. The van der Waals surface area contributed by atoms with E-state index in [1.54, 1.807) is 0 Å². The van der Waals surface area contributed by atoms with Gasteiger partial charge in [0.25, 0.3) is 0 Å². The van der Waals surface area contributed by atoms with Crippen molar-refractivity contribution in [2.75, 3.05) is 19.8 Å². The Bertz CT molecular complexity index is 380. The predicted octanol–water partition coefficient (Wildman–Crippen LogP) is 1.36. The van der Waals surface area contributed by atoms with Crippen molar-refractivity contribution < 1.29 is 9.47 Å². The van der Waals surface area contributed by atoms with Gasteiger partial charge < -0.3 is 15.2 Å². The lowest BCUT2D eigenvalue weighted by atomic mass is 9.83. The molecule has 2 heterocycles. The van der Waals surface area contributed by atoms with Gasteiger partial charge in [0.05, 0.1) is 11.8 Å². The van der Waals surface area contributed by atoms with Gasteiger partial charge in [0, 0.05) is 51.4 Å². The molecule has 1 unspecified atom stereocenters. The van der Waals surface area contributed by atoms with Gasteiger partial charge in [0.15, 0.2) is 0 Å². The Morgan fingerprint density at radius 1 is 1.47 bits per heavy atom. The summed E-state index contributed by atoms with van der Waals surface area (Å²) in [5.74, 6) is 0. The monoisotopic (exact) mass is 267 g/mol. The molecule has 1 aromatic rings. The average Bonchev–Trinajstić information content (AvgIpc) is 2.88. The molecule has 108 valence electrons. The van der Waals surface area contributed by atoms with Crippen LogP contribution in [0.5, 0.6) is 0 Å². The Labute approximate surface area is 115 Å². The van der Waals surface area contributed by atoms with E-state index in [1.165, 1.54) is 5.56 Å². The Morgan fingerprint density at radius 3 is 2.79 bits per heavy atom. The van der Waals surface area contributed by atoms with Gasteiger partial charge in [-0.3, -0.25) is 4.68 Å². The highest BCUT2D eigenvalue weighted by Gasteiger charge is 2.39. The minimum Gasteiger partial charge on any atom is -0.381 e. The van der Waals surface area contributed by atoms with Gasteiger partial charge in [0.1, 0.15) is 0 Å². The standard InChI is InChI=1S/C14H25N3O2/c1-3-17-11-12(10-16-17)9-13(15)14(19-4-2)5-7-18-8-6-14/h10-11,13H,3-9,15H2,1-2H3. The molecule has 1 aliphatic rings. The van der Waals surface area contributed by atoms with E-state index in [0.29, 0.717) is 6.61 Å². The van der Waals surface area contributed by atoms with E-state index in [1.807, 2.05) is 17.8 Å². The molecule has 19 heavy (non-hydrogen) atoms. The van der Waals surface area contributed by atoms with Gasteiger partial charge in [0.2, 0.25) is 0 Å². The molecule has 0 aliphatic carbocycles. The molecule has 0 aromatic carbocycles. The molecule has 2 N–H and O–H groups in total. The van der Waals surface area contributed by atoms with Crippen molar-refractivity contribution in [3.63, 3.8) is 0 Å². The highest BCUT2D eigenvalue weighted by atomic mass is 16.5. The number of aromatic nitrogens is 2. The lowest BCUT2D eigenvalue weighted by Gasteiger charge is -2.41. The van der Waals surface area contributed by atoms with E-state index in [0.717, 1.165) is 39.0 Å². The quantitative estimate of drug-likeness (QED) is 0.845. The fourth-order valence-electron chi connectivity index (χ4n) is 2.75. The van der Waals surface area contributed by atoms with Gasteiger partial charge in [-0.15, -0.1) is 0 Å². The Hall–Kier alpha value is -0.910. The number of rotatable bonds is 6. The first-order valence-corrected chi connectivity index (χ1v) is 7.19. The van der Waals surface area contributed by atoms with Crippen molar-refractivity contribution in [3.05, 3.63) is 18.0 Å². The van der Waals surface area contributed by atoms with E-state index in [-0.39, 0.29) is 11.6 Å². The number of ether oxygens (including phenoxy) is 2. The summed E-state index contributed by atoms with van der Waals surface area (Å²) in [5, 5.41) is 4.30. The molecule has 0 bridgehead atoms. The fraction of sp³-hybridized carbons (Fsp3) is 0.786. The van der Waals surface area contributed by atoms with Crippen LogP contribution in [0.15, 0.2) is 12.4 Å². The zero-order chi connectivity index (χ0) is 13.7. The molecular weight excluding hydrogens is 242 g/mol. The van der Waals surface area contributed by atoms with E-state index < -0.39 is 0 Å². The fourth-order valence-corrected chi connectivity index (χ4v) is 2.75.